The number of hydrogen-bond donors (Lipinski definition) is 1. The Balaban J connectivity index is 2.23. The second-order valence-corrected chi connectivity index (χ2v) is 4.90. The van der Waals surface area contributed by atoms with Gasteiger partial charge in [-0.3, -0.25) is 4.98 Å². The molecule has 0 aliphatic heterocycles. The predicted octanol–water partition coefficient (Wildman–Crippen LogP) is 4.75. The molecule has 2 nitrogen and oxygen atoms in total. The number of halogens is 2. The summed E-state index contributed by atoms with van der Waals surface area (Å²) >= 11 is 6.01. The number of aryl methyl sites for hydroxylation is 1. The third-order valence-electron chi connectivity index (χ3n) is 3.04. The number of nitrogens with one attached hydrogen (secondary N) is 1. The fraction of sp³-hybridized carbons (Fsp3) is 0.267. The number of hydrogen-bond acceptors (Lipinski definition) is 2. The van der Waals surface area contributed by atoms with Gasteiger partial charge >= 0.3 is 0 Å². The van der Waals surface area contributed by atoms with Gasteiger partial charge < -0.3 is 5.32 Å². The molecule has 19 heavy (non-hydrogen) atoms. The van der Waals surface area contributed by atoms with E-state index in [0.29, 0.717) is 5.02 Å². The van der Waals surface area contributed by atoms with E-state index in [1.807, 2.05) is 25.1 Å². The number of aromatic nitrogens is 1. The summed E-state index contributed by atoms with van der Waals surface area (Å²) in [6.07, 6.45) is 2.09. The summed E-state index contributed by atoms with van der Waals surface area (Å²) in [6, 6.07) is 8.89. The molecule has 1 unspecified atom stereocenters. The van der Waals surface area contributed by atoms with Gasteiger partial charge in [-0.15, -0.1) is 0 Å². The van der Waals surface area contributed by atoms with E-state index in [9.17, 15) is 4.39 Å². The molecule has 1 heterocycles. The Kier molecular flexibility index (Phi) is 4.38. The van der Waals surface area contributed by atoms with E-state index in [1.165, 1.54) is 12.3 Å². The first-order valence-electron chi connectivity index (χ1n) is 6.24. The van der Waals surface area contributed by atoms with Crippen molar-refractivity contribution in [3.8, 4) is 0 Å². The molecule has 0 aliphatic rings. The van der Waals surface area contributed by atoms with Crippen LogP contribution in [0.25, 0.3) is 0 Å². The summed E-state index contributed by atoms with van der Waals surface area (Å²) in [6.45, 7) is 4.08. The van der Waals surface area contributed by atoms with Crippen LogP contribution in [0.1, 0.15) is 30.6 Å². The molecule has 1 N–H and O–H groups in total. The summed E-state index contributed by atoms with van der Waals surface area (Å²) in [7, 11) is 0. The first kappa shape index (κ1) is 13.8. The highest BCUT2D eigenvalue weighted by molar-refractivity contribution is 6.30. The molecule has 1 atom stereocenters. The van der Waals surface area contributed by atoms with Crippen LogP contribution in [-0.2, 0) is 0 Å². The van der Waals surface area contributed by atoms with Crippen molar-refractivity contribution in [1.29, 1.82) is 0 Å². The molecule has 1 aromatic heterocycles. The molecule has 2 aromatic rings. The van der Waals surface area contributed by atoms with E-state index in [2.05, 4.69) is 17.2 Å². The average Bonchev–Trinajstić information content (AvgIpc) is 2.41. The van der Waals surface area contributed by atoms with Crippen molar-refractivity contribution in [1.82, 2.24) is 4.98 Å². The van der Waals surface area contributed by atoms with Gasteiger partial charge in [0.2, 0.25) is 0 Å². The minimum atomic E-state index is -0.322. The van der Waals surface area contributed by atoms with E-state index in [0.717, 1.165) is 23.4 Å². The summed E-state index contributed by atoms with van der Waals surface area (Å²) in [5, 5.41) is 4.09. The molecule has 0 amide bonds. The van der Waals surface area contributed by atoms with E-state index in [1.54, 1.807) is 6.07 Å². The Morgan fingerprint density at radius 1 is 1.32 bits per heavy atom. The number of anilines is 1. The van der Waals surface area contributed by atoms with Crippen LogP contribution >= 0.6 is 11.6 Å². The number of rotatable bonds is 4. The van der Waals surface area contributed by atoms with Crippen molar-refractivity contribution in [2.24, 2.45) is 0 Å². The van der Waals surface area contributed by atoms with Gasteiger partial charge in [0, 0.05) is 10.7 Å². The molecule has 2 rings (SSSR count). The Labute approximate surface area is 117 Å². The monoisotopic (exact) mass is 278 g/mol. The van der Waals surface area contributed by atoms with Crippen LogP contribution in [0.5, 0.6) is 0 Å². The second-order valence-electron chi connectivity index (χ2n) is 4.47. The molecule has 4 heteroatoms. The van der Waals surface area contributed by atoms with Crippen LogP contribution in [0.3, 0.4) is 0 Å². The van der Waals surface area contributed by atoms with Crippen molar-refractivity contribution in [3.63, 3.8) is 0 Å². The zero-order chi connectivity index (χ0) is 13.8. The maximum atomic E-state index is 12.9. The third kappa shape index (κ3) is 3.44. The smallest absolute Gasteiger partial charge is 0.141 e. The molecule has 0 aliphatic carbocycles. The van der Waals surface area contributed by atoms with E-state index in [-0.39, 0.29) is 11.9 Å². The molecule has 100 valence electrons. The summed E-state index contributed by atoms with van der Waals surface area (Å²) in [5.74, 6) is -0.322. The van der Waals surface area contributed by atoms with Crippen LogP contribution in [0.2, 0.25) is 5.02 Å². The lowest BCUT2D eigenvalue weighted by Crippen LogP contribution is -2.12. The van der Waals surface area contributed by atoms with E-state index >= 15 is 0 Å². The molecule has 0 saturated heterocycles. The van der Waals surface area contributed by atoms with Crippen LogP contribution < -0.4 is 5.32 Å². The first-order chi connectivity index (χ1) is 9.10. The minimum absolute atomic E-state index is 0.0396. The minimum Gasteiger partial charge on any atom is -0.376 e. The molecular weight excluding hydrogens is 263 g/mol. The molecule has 0 radical (unpaired) electrons. The van der Waals surface area contributed by atoms with Crippen LogP contribution in [0.4, 0.5) is 10.1 Å². The standard InChI is InChI=1S/C15H16ClFN2/c1-3-13(14-7-6-12(17)9-18-14)19-15-8-11(16)5-4-10(15)2/h4-9,13,19H,3H2,1-2H3. The van der Waals surface area contributed by atoms with E-state index in [4.69, 9.17) is 11.6 Å². The SMILES string of the molecule is CCC(Nc1cc(Cl)ccc1C)c1ccc(F)cn1. The van der Waals surface area contributed by atoms with Gasteiger partial charge in [-0.2, -0.15) is 0 Å². The predicted molar refractivity (Wildman–Crippen MR) is 77.0 cm³/mol. The molecule has 0 fully saturated rings. The Morgan fingerprint density at radius 2 is 2.11 bits per heavy atom. The molecule has 0 spiro atoms. The third-order valence-corrected chi connectivity index (χ3v) is 3.28. The Hall–Kier alpha value is -1.61. The highest BCUT2D eigenvalue weighted by atomic mass is 35.5. The Morgan fingerprint density at radius 3 is 2.74 bits per heavy atom. The lowest BCUT2D eigenvalue weighted by molar-refractivity contribution is 0.614. The topological polar surface area (TPSA) is 24.9 Å². The molecule has 0 bridgehead atoms. The molecule has 0 saturated carbocycles. The highest BCUT2D eigenvalue weighted by Gasteiger charge is 2.12. The van der Waals surface area contributed by atoms with Crippen LogP contribution in [0.15, 0.2) is 36.5 Å². The molecular formula is C15H16ClFN2. The van der Waals surface area contributed by atoms with E-state index < -0.39 is 0 Å². The van der Waals surface area contributed by atoms with Crippen molar-refractivity contribution in [2.45, 2.75) is 26.3 Å². The van der Waals surface area contributed by atoms with Crippen molar-refractivity contribution >= 4 is 17.3 Å². The zero-order valence-corrected chi connectivity index (χ0v) is 11.7. The average molecular weight is 279 g/mol. The quantitative estimate of drug-likeness (QED) is 0.873. The van der Waals surface area contributed by atoms with Crippen molar-refractivity contribution in [2.75, 3.05) is 5.32 Å². The van der Waals surface area contributed by atoms with Gasteiger partial charge in [0.25, 0.3) is 0 Å². The van der Waals surface area contributed by atoms with Gasteiger partial charge in [-0.1, -0.05) is 24.6 Å². The van der Waals surface area contributed by atoms with Gasteiger partial charge in [0.1, 0.15) is 5.82 Å². The normalized spacial score (nSPS) is 12.2. The summed E-state index contributed by atoms with van der Waals surface area (Å²) in [4.78, 5) is 4.13. The van der Waals surface area contributed by atoms with Gasteiger partial charge in [-0.25, -0.2) is 4.39 Å². The maximum Gasteiger partial charge on any atom is 0.141 e. The first-order valence-corrected chi connectivity index (χ1v) is 6.62. The number of benzene rings is 1. The van der Waals surface area contributed by atoms with Crippen molar-refractivity contribution in [3.05, 3.63) is 58.6 Å². The maximum absolute atomic E-state index is 12.9. The van der Waals surface area contributed by atoms with Crippen molar-refractivity contribution < 1.29 is 4.39 Å². The Bertz CT molecular complexity index is 555. The fourth-order valence-electron chi connectivity index (χ4n) is 1.92. The summed E-state index contributed by atoms with van der Waals surface area (Å²) < 4.78 is 12.9. The fourth-order valence-corrected chi connectivity index (χ4v) is 2.09. The number of pyridine rings is 1. The van der Waals surface area contributed by atoms with Crippen LogP contribution in [-0.4, -0.2) is 4.98 Å². The van der Waals surface area contributed by atoms with Gasteiger partial charge in [0.05, 0.1) is 17.9 Å². The van der Waals surface area contributed by atoms with Crippen LogP contribution in [0, 0.1) is 12.7 Å². The van der Waals surface area contributed by atoms with Gasteiger partial charge in [0.15, 0.2) is 0 Å². The van der Waals surface area contributed by atoms with Gasteiger partial charge in [-0.05, 0) is 43.2 Å². The zero-order valence-electron chi connectivity index (χ0n) is 11.0. The second kappa shape index (κ2) is 6.02. The number of nitrogens with zero attached hydrogens (tertiary/aromatic N) is 1. The largest absolute Gasteiger partial charge is 0.376 e. The molecule has 1 aromatic carbocycles. The summed E-state index contributed by atoms with van der Waals surface area (Å²) in [5.41, 5.74) is 2.92. The lowest BCUT2D eigenvalue weighted by atomic mass is 10.1. The highest BCUT2D eigenvalue weighted by Crippen LogP contribution is 2.26. The lowest BCUT2D eigenvalue weighted by Gasteiger charge is -2.19.